The summed E-state index contributed by atoms with van der Waals surface area (Å²) in [6.45, 7) is 7.07. The molecular formula is C21H25N3O. The maximum atomic E-state index is 12.1. The van der Waals surface area contributed by atoms with Crippen molar-refractivity contribution >= 4 is 11.6 Å². The Kier molecular flexibility index (Phi) is 4.88. The number of aryl methyl sites for hydroxylation is 1. The lowest BCUT2D eigenvalue weighted by Gasteiger charge is -2.19. The number of carbonyl (C=O) groups excluding carboxylic acids is 1. The third kappa shape index (κ3) is 4.47. The van der Waals surface area contributed by atoms with Gasteiger partial charge >= 0.3 is 0 Å². The fourth-order valence-corrected chi connectivity index (χ4v) is 2.78. The lowest BCUT2D eigenvalue weighted by atomic mass is 9.86. The molecule has 1 N–H and O–H groups in total. The largest absolute Gasteiger partial charge is 0.350 e. The molecule has 1 aromatic carbocycles. The number of aromatic nitrogens is 2. The molecule has 0 aliphatic carbocycles. The Balaban J connectivity index is 1.49. The number of nitrogens with one attached hydrogen (secondary N) is 1. The highest BCUT2D eigenvalue weighted by Gasteiger charge is 2.13. The van der Waals surface area contributed by atoms with Crippen molar-refractivity contribution in [2.24, 2.45) is 0 Å². The smallest absolute Gasteiger partial charge is 0.220 e. The molecule has 0 unspecified atom stereocenters. The zero-order chi connectivity index (χ0) is 17.9. The van der Waals surface area contributed by atoms with Crippen LogP contribution in [0.5, 0.6) is 0 Å². The summed E-state index contributed by atoms with van der Waals surface area (Å²) in [4.78, 5) is 16.6. The van der Waals surface area contributed by atoms with Gasteiger partial charge in [-0.1, -0.05) is 51.1 Å². The van der Waals surface area contributed by atoms with Crippen molar-refractivity contribution in [1.82, 2.24) is 14.7 Å². The molecule has 1 amide bonds. The van der Waals surface area contributed by atoms with E-state index in [1.54, 1.807) is 0 Å². The fraction of sp³-hybridized carbons (Fsp3) is 0.333. The second kappa shape index (κ2) is 7.09. The highest BCUT2D eigenvalue weighted by molar-refractivity contribution is 5.76. The first-order chi connectivity index (χ1) is 11.9. The number of fused-ring (bicyclic) bond motifs is 1. The molecule has 4 heteroatoms. The Bertz CT molecular complexity index is 824. The number of nitrogens with zero attached hydrogens (tertiary/aromatic N) is 2. The van der Waals surface area contributed by atoms with Crippen LogP contribution in [0.15, 0.2) is 54.9 Å². The summed E-state index contributed by atoms with van der Waals surface area (Å²) >= 11 is 0. The van der Waals surface area contributed by atoms with Crippen LogP contribution in [-0.2, 0) is 23.2 Å². The van der Waals surface area contributed by atoms with Crippen LogP contribution >= 0.6 is 0 Å². The van der Waals surface area contributed by atoms with Gasteiger partial charge < -0.3 is 9.72 Å². The average molecular weight is 335 g/mol. The van der Waals surface area contributed by atoms with Gasteiger partial charge in [-0.25, -0.2) is 4.98 Å². The van der Waals surface area contributed by atoms with Crippen LogP contribution in [0.2, 0.25) is 0 Å². The SMILES string of the molecule is CC(C)(C)c1ccc(CCC(=O)NCc2cn3ccccc3n2)cc1. The van der Waals surface area contributed by atoms with Crippen LogP contribution in [0.25, 0.3) is 5.65 Å². The van der Waals surface area contributed by atoms with Gasteiger partial charge in [0.15, 0.2) is 0 Å². The minimum absolute atomic E-state index is 0.0527. The molecule has 0 bridgehead atoms. The van der Waals surface area contributed by atoms with Gasteiger partial charge in [0.2, 0.25) is 5.91 Å². The first-order valence-corrected chi connectivity index (χ1v) is 8.70. The van der Waals surface area contributed by atoms with Gasteiger partial charge in [0.1, 0.15) is 5.65 Å². The van der Waals surface area contributed by atoms with E-state index in [9.17, 15) is 4.79 Å². The fourth-order valence-electron chi connectivity index (χ4n) is 2.78. The standard InChI is InChI=1S/C21H25N3O/c1-21(2,3)17-10-7-16(8-11-17)9-12-20(25)22-14-18-15-24-13-5-4-6-19(24)23-18/h4-8,10-11,13,15H,9,12,14H2,1-3H3,(H,22,25). The highest BCUT2D eigenvalue weighted by Crippen LogP contribution is 2.22. The minimum Gasteiger partial charge on any atom is -0.350 e. The molecule has 4 nitrogen and oxygen atoms in total. The van der Waals surface area contributed by atoms with E-state index in [0.29, 0.717) is 13.0 Å². The lowest BCUT2D eigenvalue weighted by molar-refractivity contribution is -0.121. The molecule has 2 heterocycles. The van der Waals surface area contributed by atoms with Crippen LogP contribution in [0.4, 0.5) is 0 Å². The molecule has 3 rings (SSSR count). The number of pyridine rings is 1. The summed E-state index contributed by atoms with van der Waals surface area (Å²) in [6, 6.07) is 14.4. The predicted octanol–water partition coefficient (Wildman–Crippen LogP) is 3.88. The van der Waals surface area contributed by atoms with Crippen molar-refractivity contribution in [1.29, 1.82) is 0 Å². The van der Waals surface area contributed by atoms with Crippen molar-refractivity contribution < 1.29 is 4.79 Å². The van der Waals surface area contributed by atoms with E-state index in [-0.39, 0.29) is 11.3 Å². The van der Waals surface area contributed by atoms with Crippen LogP contribution in [0.1, 0.15) is 44.0 Å². The second-order valence-electron chi connectivity index (χ2n) is 7.42. The lowest BCUT2D eigenvalue weighted by Crippen LogP contribution is -2.23. The summed E-state index contributed by atoms with van der Waals surface area (Å²) in [5.74, 6) is 0.0527. The Morgan fingerprint density at radius 1 is 1.12 bits per heavy atom. The molecule has 0 saturated heterocycles. The van der Waals surface area contributed by atoms with E-state index >= 15 is 0 Å². The van der Waals surface area contributed by atoms with Crippen LogP contribution in [0.3, 0.4) is 0 Å². The summed E-state index contributed by atoms with van der Waals surface area (Å²) in [5.41, 5.74) is 4.42. The zero-order valence-electron chi connectivity index (χ0n) is 15.1. The molecule has 0 saturated carbocycles. The second-order valence-corrected chi connectivity index (χ2v) is 7.42. The van der Waals surface area contributed by atoms with E-state index in [1.807, 2.05) is 35.0 Å². The third-order valence-corrected chi connectivity index (χ3v) is 4.34. The Morgan fingerprint density at radius 2 is 1.88 bits per heavy atom. The van der Waals surface area contributed by atoms with Crippen molar-refractivity contribution in [3.63, 3.8) is 0 Å². The van der Waals surface area contributed by atoms with Crippen LogP contribution < -0.4 is 5.32 Å². The summed E-state index contributed by atoms with van der Waals surface area (Å²) in [5, 5.41) is 2.95. The average Bonchev–Trinajstić information content (AvgIpc) is 3.00. The van der Waals surface area contributed by atoms with E-state index in [0.717, 1.165) is 17.8 Å². The molecule has 25 heavy (non-hydrogen) atoms. The predicted molar refractivity (Wildman–Crippen MR) is 101 cm³/mol. The number of hydrogen-bond acceptors (Lipinski definition) is 2. The number of rotatable bonds is 5. The first kappa shape index (κ1) is 17.2. The Morgan fingerprint density at radius 3 is 2.56 bits per heavy atom. The monoisotopic (exact) mass is 335 g/mol. The van der Waals surface area contributed by atoms with Gasteiger partial charge in [0, 0.05) is 18.8 Å². The number of imidazole rings is 1. The summed E-state index contributed by atoms with van der Waals surface area (Å²) in [6.07, 6.45) is 5.14. The van der Waals surface area contributed by atoms with E-state index in [4.69, 9.17) is 0 Å². The molecule has 0 aliphatic rings. The van der Waals surface area contributed by atoms with Crippen LogP contribution in [-0.4, -0.2) is 15.3 Å². The maximum Gasteiger partial charge on any atom is 0.220 e. The number of amides is 1. The van der Waals surface area contributed by atoms with E-state index in [2.05, 4.69) is 55.3 Å². The van der Waals surface area contributed by atoms with Crippen molar-refractivity contribution in [2.75, 3.05) is 0 Å². The number of hydrogen-bond donors (Lipinski definition) is 1. The molecule has 0 fully saturated rings. The van der Waals surface area contributed by atoms with E-state index < -0.39 is 0 Å². The Hall–Kier alpha value is -2.62. The third-order valence-electron chi connectivity index (χ3n) is 4.34. The van der Waals surface area contributed by atoms with Gasteiger partial charge in [-0.2, -0.15) is 0 Å². The van der Waals surface area contributed by atoms with Crippen molar-refractivity contribution in [3.8, 4) is 0 Å². The molecule has 0 aliphatic heterocycles. The highest BCUT2D eigenvalue weighted by atomic mass is 16.1. The molecular weight excluding hydrogens is 310 g/mol. The molecule has 0 spiro atoms. The van der Waals surface area contributed by atoms with Gasteiger partial charge in [0.25, 0.3) is 0 Å². The van der Waals surface area contributed by atoms with Crippen LogP contribution in [0, 0.1) is 0 Å². The molecule has 3 aromatic rings. The van der Waals surface area contributed by atoms with Gasteiger partial charge in [-0.05, 0) is 35.1 Å². The first-order valence-electron chi connectivity index (χ1n) is 8.70. The number of benzene rings is 1. The van der Waals surface area contributed by atoms with Gasteiger partial charge in [-0.3, -0.25) is 4.79 Å². The minimum atomic E-state index is 0.0527. The zero-order valence-corrected chi connectivity index (χ0v) is 15.1. The van der Waals surface area contributed by atoms with Crippen molar-refractivity contribution in [2.45, 2.75) is 45.6 Å². The molecule has 0 atom stereocenters. The van der Waals surface area contributed by atoms with E-state index in [1.165, 1.54) is 11.1 Å². The molecule has 2 aromatic heterocycles. The summed E-state index contributed by atoms with van der Waals surface area (Å²) in [7, 11) is 0. The van der Waals surface area contributed by atoms with Gasteiger partial charge in [-0.15, -0.1) is 0 Å². The van der Waals surface area contributed by atoms with Crippen molar-refractivity contribution in [3.05, 3.63) is 71.7 Å². The summed E-state index contributed by atoms with van der Waals surface area (Å²) < 4.78 is 1.96. The Labute approximate surface area is 148 Å². The van der Waals surface area contributed by atoms with Gasteiger partial charge in [0.05, 0.1) is 12.2 Å². The number of carbonyl (C=O) groups is 1. The normalized spacial score (nSPS) is 11.6. The molecule has 130 valence electrons. The quantitative estimate of drug-likeness (QED) is 0.769. The topological polar surface area (TPSA) is 46.4 Å². The molecule has 0 radical (unpaired) electrons. The maximum absolute atomic E-state index is 12.1.